The third kappa shape index (κ3) is 6.01. The van der Waals surface area contributed by atoms with Gasteiger partial charge in [0.25, 0.3) is 5.91 Å². The number of nitrogens with zero attached hydrogens (tertiary/aromatic N) is 1. The lowest BCUT2D eigenvalue weighted by Crippen LogP contribution is -2.36. The van der Waals surface area contributed by atoms with Crippen LogP contribution >= 0.6 is 23.5 Å². The number of rotatable bonds is 8. The van der Waals surface area contributed by atoms with Gasteiger partial charge in [0.1, 0.15) is 0 Å². The van der Waals surface area contributed by atoms with Crippen LogP contribution in [0.3, 0.4) is 0 Å². The first kappa shape index (κ1) is 22.2. The fraction of sp³-hybridized carbons (Fsp3) is 0.381. The third-order valence-corrected chi connectivity index (χ3v) is 8.03. The minimum atomic E-state index is -3.67. The van der Waals surface area contributed by atoms with Crippen LogP contribution in [0.25, 0.3) is 0 Å². The molecule has 0 bridgehead atoms. The van der Waals surface area contributed by atoms with Gasteiger partial charge in [0, 0.05) is 35.2 Å². The first-order chi connectivity index (χ1) is 14.0. The lowest BCUT2D eigenvalue weighted by molar-refractivity contribution is 0.0720. The van der Waals surface area contributed by atoms with Crippen LogP contribution in [0.4, 0.5) is 0 Å². The molecule has 0 aliphatic carbocycles. The number of amides is 1. The number of sulfonamides is 1. The number of nitrogens with one attached hydrogen (secondary N) is 1. The predicted molar refractivity (Wildman–Crippen MR) is 120 cm³/mol. The molecule has 2 aromatic rings. The van der Waals surface area contributed by atoms with E-state index in [1.54, 1.807) is 23.9 Å². The molecule has 0 unspecified atom stereocenters. The quantitative estimate of drug-likeness (QED) is 0.484. The van der Waals surface area contributed by atoms with Gasteiger partial charge in [-0.05, 0) is 55.9 Å². The molecule has 29 heavy (non-hydrogen) atoms. The molecule has 1 N–H and O–H groups in total. The van der Waals surface area contributed by atoms with E-state index in [1.807, 2.05) is 41.5 Å². The van der Waals surface area contributed by atoms with Crippen molar-refractivity contribution >= 4 is 39.5 Å². The van der Waals surface area contributed by atoms with Crippen LogP contribution in [0.5, 0.6) is 0 Å². The van der Waals surface area contributed by atoms with Crippen molar-refractivity contribution in [2.45, 2.75) is 33.9 Å². The molecule has 2 aromatic carbocycles. The lowest BCUT2D eigenvalue weighted by atomic mass is 10.1. The molecule has 1 amide bonds. The number of piperidine rings is 1. The molecule has 0 saturated carbocycles. The fourth-order valence-corrected chi connectivity index (χ4v) is 5.78. The first-order valence-electron chi connectivity index (χ1n) is 9.66. The van der Waals surface area contributed by atoms with E-state index in [4.69, 9.17) is 0 Å². The molecule has 8 heteroatoms. The molecule has 1 heterocycles. The maximum absolute atomic E-state index is 13.0. The summed E-state index contributed by atoms with van der Waals surface area (Å²) in [5.74, 6) is 0.553. The van der Waals surface area contributed by atoms with Gasteiger partial charge in [-0.3, -0.25) is 4.79 Å². The van der Waals surface area contributed by atoms with Gasteiger partial charge in [0.05, 0.1) is 10.5 Å². The summed E-state index contributed by atoms with van der Waals surface area (Å²) in [5.41, 5.74) is 0.473. The van der Waals surface area contributed by atoms with Gasteiger partial charge in [-0.1, -0.05) is 18.2 Å². The topological polar surface area (TPSA) is 66.5 Å². The van der Waals surface area contributed by atoms with Crippen molar-refractivity contribution in [2.24, 2.45) is 0 Å². The van der Waals surface area contributed by atoms with Gasteiger partial charge in [0.15, 0.2) is 0 Å². The molecule has 5 nitrogen and oxygen atoms in total. The van der Waals surface area contributed by atoms with E-state index >= 15 is 0 Å². The Morgan fingerprint density at radius 3 is 2.48 bits per heavy atom. The smallest absolute Gasteiger partial charge is 0.255 e. The van der Waals surface area contributed by atoms with E-state index < -0.39 is 10.0 Å². The van der Waals surface area contributed by atoms with Crippen LogP contribution < -0.4 is 4.72 Å². The summed E-state index contributed by atoms with van der Waals surface area (Å²) in [6.45, 7) is 1.79. The Balaban J connectivity index is 1.69. The van der Waals surface area contributed by atoms with Crippen molar-refractivity contribution in [3.63, 3.8) is 0 Å². The predicted octanol–water partition coefficient (Wildman–Crippen LogP) is 4.11. The molecular weight excluding hydrogens is 424 g/mol. The third-order valence-electron chi connectivity index (χ3n) is 4.76. The van der Waals surface area contributed by atoms with E-state index in [0.717, 1.165) is 42.1 Å². The van der Waals surface area contributed by atoms with Crippen molar-refractivity contribution in [1.82, 2.24) is 9.62 Å². The van der Waals surface area contributed by atoms with E-state index in [-0.39, 0.29) is 10.8 Å². The van der Waals surface area contributed by atoms with Gasteiger partial charge in [-0.25, -0.2) is 13.1 Å². The maximum Gasteiger partial charge on any atom is 0.255 e. The van der Waals surface area contributed by atoms with Gasteiger partial charge in [-0.2, -0.15) is 0 Å². The summed E-state index contributed by atoms with van der Waals surface area (Å²) in [5, 5.41) is 0. The fourth-order valence-electron chi connectivity index (χ4n) is 3.23. The zero-order chi connectivity index (χ0) is 20.7. The highest BCUT2D eigenvalue weighted by Crippen LogP contribution is 2.26. The van der Waals surface area contributed by atoms with Gasteiger partial charge >= 0.3 is 0 Å². The Kier molecular flexibility index (Phi) is 8.06. The van der Waals surface area contributed by atoms with Crippen molar-refractivity contribution in [3.8, 4) is 0 Å². The average Bonchev–Trinajstić information content (AvgIpc) is 2.77. The average molecular weight is 451 g/mol. The normalized spacial score (nSPS) is 14.7. The summed E-state index contributed by atoms with van der Waals surface area (Å²) in [6.07, 6.45) is 5.03. The zero-order valence-electron chi connectivity index (χ0n) is 16.5. The van der Waals surface area contributed by atoms with Gasteiger partial charge < -0.3 is 4.90 Å². The Labute approximate surface area is 181 Å². The molecule has 0 aromatic heterocycles. The minimum absolute atomic E-state index is 0.0780. The van der Waals surface area contributed by atoms with Crippen LogP contribution in [0, 0.1) is 0 Å². The summed E-state index contributed by atoms with van der Waals surface area (Å²) in [4.78, 5) is 16.8. The summed E-state index contributed by atoms with van der Waals surface area (Å²) in [7, 11) is -3.67. The Hall–Kier alpha value is -1.48. The van der Waals surface area contributed by atoms with Crippen LogP contribution in [-0.4, -0.2) is 50.9 Å². The van der Waals surface area contributed by atoms with E-state index in [0.29, 0.717) is 17.9 Å². The molecule has 3 rings (SSSR count). The number of benzene rings is 2. The molecule has 1 saturated heterocycles. The number of hydrogen-bond donors (Lipinski definition) is 1. The number of carbonyl (C=O) groups is 1. The van der Waals surface area contributed by atoms with Crippen LogP contribution in [-0.2, 0) is 10.0 Å². The molecular formula is C21H26N2O3S3. The monoisotopic (exact) mass is 450 g/mol. The second kappa shape index (κ2) is 10.5. The van der Waals surface area contributed by atoms with E-state index in [1.165, 1.54) is 17.8 Å². The standard InChI is InChI=1S/C21H26N2O3S3/c1-27-20-11-10-18(16-19(20)21(24)23-13-6-3-7-14-23)29(25,26)22-12-15-28-17-8-4-2-5-9-17/h2,4-5,8-11,16,22H,3,6-7,12-15H2,1H3. The van der Waals surface area contributed by atoms with E-state index in [2.05, 4.69) is 4.72 Å². The highest BCUT2D eigenvalue weighted by Gasteiger charge is 2.23. The van der Waals surface area contributed by atoms with Crippen LogP contribution in [0.15, 0.2) is 63.2 Å². The van der Waals surface area contributed by atoms with Crippen molar-refractivity contribution in [2.75, 3.05) is 31.6 Å². The zero-order valence-corrected chi connectivity index (χ0v) is 18.9. The molecule has 0 spiro atoms. The molecule has 1 aliphatic heterocycles. The number of likely N-dealkylation sites (tertiary alicyclic amines) is 1. The SMILES string of the molecule is CSc1ccc(S(=O)(=O)NCCSc2ccccc2)cc1C(=O)N1CCCCC1. The second-order valence-electron chi connectivity index (χ2n) is 6.77. The number of carbonyl (C=O) groups excluding carboxylic acids is 1. The molecule has 1 fully saturated rings. The lowest BCUT2D eigenvalue weighted by Gasteiger charge is -2.27. The van der Waals surface area contributed by atoms with Crippen molar-refractivity contribution in [3.05, 3.63) is 54.1 Å². The second-order valence-corrected chi connectivity index (χ2v) is 10.6. The van der Waals surface area contributed by atoms with Crippen LogP contribution in [0.2, 0.25) is 0 Å². The number of hydrogen-bond acceptors (Lipinski definition) is 5. The minimum Gasteiger partial charge on any atom is -0.339 e. The van der Waals surface area contributed by atoms with Crippen molar-refractivity contribution in [1.29, 1.82) is 0 Å². The van der Waals surface area contributed by atoms with Gasteiger partial charge in [0.2, 0.25) is 10.0 Å². The molecule has 0 radical (unpaired) electrons. The highest BCUT2D eigenvalue weighted by atomic mass is 32.2. The summed E-state index contributed by atoms with van der Waals surface area (Å²) >= 11 is 3.06. The van der Waals surface area contributed by atoms with Crippen LogP contribution in [0.1, 0.15) is 29.6 Å². The maximum atomic E-state index is 13.0. The first-order valence-corrected chi connectivity index (χ1v) is 13.4. The largest absolute Gasteiger partial charge is 0.339 e. The molecule has 1 aliphatic rings. The Morgan fingerprint density at radius 2 is 1.79 bits per heavy atom. The summed E-state index contributed by atoms with van der Waals surface area (Å²) in [6, 6.07) is 14.7. The Morgan fingerprint density at radius 1 is 1.07 bits per heavy atom. The number of thioether (sulfide) groups is 2. The van der Waals surface area contributed by atoms with Crippen molar-refractivity contribution < 1.29 is 13.2 Å². The summed E-state index contributed by atoms with van der Waals surface area (Å²) < 4.78 is 28.1. The van der Waals surface area contributed by atoms with E-state index in [9.17, 15) is 13.2 Å². The molecule has 156 valence electrons. The Bertz CT molecular complexity index is 927. The molecule has 0 atom stereocenters. The highest BCUT2D eigenvalue weighted by molar-refractivity contribution is 7.99. The van der Waals surface area contributed by atoms with Gasteiger partial charge in [-0.15, -0.1) is 23.5 Å².